The van der Waals surface area contributed by atoms with E-state index < -0.39 is 8.07 Å². The second kappa shape index (κ2) is 9.11. The fourth-order valence-electron chi connectivity index (χ4n) is 3.00. The van der Waals surface area contributed by atoms with Crippen molar-refractivity contribution >= 4 is 47.8 Å². The van der Waals surface area contributed by atoms with Crippen LogP contribution < -0.4 is 5.32 Å². The molecule has 0 aliphatic heterocycles. The summed E-state index contributed by atoms with van der Waals surface area (Å²) in [5.74, 6) is 0.712. The van der Waals surface area contributed by atoms with Crippen molar-refractivity contribution in [1.29, 1.82) is 0 Å². The van der Waals surface area contributed by atoms with Crippen LogP contribution in [0.25, 0.3) is 16.9 Å². The van der Waals surface area contributed by atoms with Gasteiger partial charge in [-0.2, -0.15) is 9.47 Å². The van der Waals surface area contributed by atoms with Crippen LogP contribution in [0.1, 0.15) is 5.69 Å². The Morgan fingerprint density at radius 3 is 2.77 bits per heavy atom. The molecule has 0 saturated carbocycles. The highest BCUT2D eigenvalue weighted by molar-refractivity contribution is 7.98. The molecule has 0 aliphatic carbocycles. The second-order valence-corrected chi connectivity index (χ2v) is 15.8. The van der Waals surface area contributed by atoms with Gasteiger partial charge < -0.3 is 10.1 Å². The minimum absolute atomic E-state index is 0.455. The fraction of sp³-hybridized carbons (Fsp3) is 0.400. The van der Waals surface area contributed by atoms with Gasteiger partial charge in [-0.1, -0.05) is 19.6 Å². The monoisotopic (exact) mass is 473 g/mol. The molecule has 8 nitrogen and oxygen atoms in total. The van der Waals surface area contributed by atoms with E-state index in [0.717, 1.165) is 45.3 Å². The van der Waals surface area contributed by atoms with Gasteiger partial charge in [0, 0.05) is 32.6 Å². The Bertz CT molecular complexity index is 1180. The lowest BCUT2D eigenvalue weighted by molar-refractivity contribution is 0.0786. The summed E-state index contributed by atoms with van der Waals surface area (Å²) in [4.78, 5) is 9.35. The average molecular weight is 474 g/mol. The molecule has 11 heteroatoms. The summed E-state index contributed by atoms with van der Waals surface area (Å²) < 4.78 is 14.0. The maximum absolute atomic E-state index is 5.82. The Balaban J connectivity index is 1.57. The van der Waals surface area contributed by atoms with Crippen molar-refractivity contribution in [2.24, 2.45) is 0 Å². The van der Waals surface area contributed by atoms with Crippen LogP contribution in [-0.4, -0.2) is 49.5 Å². The van der Waals surface area contributed by atoms with E-state index in [0.29, 0.717) is 12.5 Å². The van der Waals surface area contributed by atoms with Crippen LogP contribution in [0, 0.1) is 6.92 Å². The zero-order chi connectivity index (χ0) is 22.0. The topological polar surface area (TPSA) is 82.2 Å². The molecule has 4 aromatic rings. The summed E-state index contributed by atoms with van der Waals surface area (Å²) in [5.41, 5.74) is 3.69. The van der Waals surface area contributed by atoms with Gasteiger partial charge in [0.1, 0.15) is 16.8 Å². The number of hydrogen-bond donors (Lipinski definition) is 1. The first kappa shape index (κ1) is 22.0. The Hall–Kier alpha value is -2.21. The molecular formula is C20H27N7OS2Si. The van der Waals surface area contributed by atoms with Gasteiger partial charge in [-0.15, -0.1) is 11.8 Å². The Morgan fingerprint density at radius 2 is 2.06 bits per heavy atom. The molecule has 0 unspecified atom stereocenters. The largest absolute Gasteiger partial charge is 0.360 e. The number of rotatable bonds is 9. The van der Waals surface area contributed by atoms with Gasteiger partial charge in [-0.25, -0.2) is 14.6 Å². The molecule has 0 aromatic carbocycles. The predicted molar refractivity (Wildman–Crippen MR) is 130 cm³/mol. The van der Waals surface area contributed by atoms with Gasteiger partial charge in [0.15, 0.2) is 11.5 Å². The molecule has 4 heterocycles. The number of nitrogens with zero attached hydrogens (tertiary/aromatic N) is 6. The smallest absolute Gasteiger partial charge is 0.181 e. The highest BCUT2D eigenvalue weighted by Crippen LogP contribution is 2.29. The Morgan fingerprint density at radius 1 is 1.23 bits per heavy atom. The maximum atomic E-state index is 5.82. The lowest BCUT2D eigenvalue weighted by Gasteiger charge is -2.15. The molecule has 164 valence electrons. The van der Waals surface area contributed by atoms with E-state index in [4.69, 9.17) is 9.72 Å². The summed E-state index contributed by atoms with van der Waals surface area (Å²) in [5, 5.41) is 9.68. The zero-order valence-electron chi connectivity index (χ0n) is 18.4. The molecule has 1 N–H and O–H groups in total. The van der Waals surface area contributed by atoms with Crippen molar-refractivity contribution in [2.45, 2.75) is 44.4 Å². The third kappa shape index (κ3) is 5.35. The number of aryl methyl sites for hydroxylation is 1. The second-order valence-electron chi connectivity index (χ2n) is 8.54. The highest BCUT2D eigenvalue weighted by atomic mass is 32.2. The molecule has 0 spiro atoms. The third-order valence-electron chi connectivity index (χ3n) is 4.70. The summed E-state index contributed by atoms with van der Waals surface area (Å²) in [6.45, 7) is 10.3. The third-order valence-corrected chi connectivity index (χ3v) is 7.81. The van der Waals surface area contributed by atoms with Gasteiger partial charge in [-0.3, -0.25) is 4.40 Å². The Kier molecular flexibility index (Phi) is 6.46. The number of aromatic nitrogens is 6. The molecule has 0 aliphatic rings. The molecule has 0 fully saturated rings. The molecular weight excluding hydrogens is 446 g/mol. The number of thioether (sulfide) groups is 1. The first-order valence-electron chi connectivity index (χ1n) is 10.1. The summed E-state index contributed by atoms with van der Waals surface area (Å²) >= 11 is 3.01. The van der Waals surface area contributed by atoms with Gasteiger partial charge in [0.2, 0.25) is 0 Å². The van der Waals surface area contributed by atoms with E-state index in [1.165, 1.54) is 11.5 Å². The van der Waals surface area contributed by atoms with Crippen LogP contribution in [0.15, 0.2) is 35.9 Å². The molecule has 0 atom stereocenters. The molecule has 0 amide bonds. The molecule has 0 radical (unpaired) electrons. The fourth-order valence-corrected chi connectivity index (χ4v) is 4.81. The minimum Gasteiger partial charge on any atom is -0.360 e. The number of imidazole rings is 1. The maximum Gasteiger partial charge on any atom is 0.181 e. The summed E-state index contributed by atoms with van der Waals surface area (Å²) in [7, 11) is -1.09. The van der Waals surface area contributed by atoms with Gasteiger partial charge in [0.05, 0.1) is 23.8 Å². The molecule has 4 rings (SSSR count). The summed E-state index contributed by atoms with van der Waals surface area (Å²) in [6, 6.07) is 3.15. The van der Waals surface area contributed by atoms with E-state index in [-0.39, 0.29) is 0 Å². The standard InChI is InChI=1S/C20H27N7OS2Si/c1-14-8-17(30-25-14)23-19-20-21-10-16(27(20)12-18(24-19)29-2)15-9-22-26(11-15)13-28-6-7-31(3,4)5/h8-12H,6-7,13H2,1-5H3,(H,23,24). The molecule has 0 saturated heterocycles. The van der Waals surface area contributed by atoms with Crippen molar-refractivity contribution in [3.8, 4) is 11.3 Å². The van der Waals surface area contributed by atoms with E-state index in [2.05, 4.69) is 43.8 Å². The Labute approximate surface area is 191 Å². The van der Waals surface area contributed by atoms with Gasteiger partial charge in [0.25, 0.3) is 0 Å². The zero-order valence-corrected chi connectivity index (χ0v) is 21.0. The normalized spacial score (nSPS) is 12.0. The number of fused-ring (bicyclic) bond motifs is 1. The van der Waals surface area contributed by atoms with E-state index in [1.54, 1.807) is 11.8 Å². The van der Waals surface area contributed by atoms with Crippen molar-refractivity contribution < 1.29 is 4.74 Å². The minimum atomic E-state index is -1.09. The van der Waals surface area contributed by atoms with Crippen LogP contribution in [0.3, 0.4) is 0 Å². The SMILES string of the molecule is CSc1cn2c(-c3cnn(COCC[Si](C)(C)C)c3)cnc2c(Nc2cc(C)ns2)n1. The summed E-state index contributed by atoms with van der Waals surface area (Å²) in [6.07, 6.45) is 9.73. The predicted octanol–water partition coefficient (Wildman–Crippen LogP) is 5.14. The number of hydrogen-bond acceptors (Lipinski definition) is 8. The van der Waals surface area contributed by atoms with Gasteiger partial charge in [-0.05, 0) is 36.8 Å². The van der Waals surface area contributed by atoms with Crippen LogP contribution in [-0.2, 0) is 11.5 Å². The first-order valence-corrected chi connectivity index (χ1v) is 15.8. The molecule has 0 bridgehead atoms. The van der Waals surface area contributed by atoms with Crippen LogP contribution in [0.5, 0.6) is 0 Å². The highest BCUT2D eigenvalue weighted by Gasteiger charge is 2.15. The van der Waals surface area contributed by atoms with E-state index in [9.17, 15) is 0 Å². The van der Waals surface area contributed by atoms with Crippen LogP contribution >= 0.6 is 23.3 Å². The van der Waals surface area contributed by atoms with Crippen LogP contribution in [0.4, 0.5) is 10.8 Å². The van der Waals surface area contributed by atoms with Crippen LogP contribution in [0.2, 0.25) is 25.7 Å². The average Bonchev–Trinajstić information content (AvgIpc) is 3.44. The van der Waals surface area contributed by atoms with E-state index in [1.807, 2.05) is 48.7 Å². The quantitative estimate of drug-likeness (QED) is 0.205. The molecule has 31 heavy (non-hydrogen) atoms. The van der Waals surface area contributed by atoms with E-state index >= 15 is 0 Å². The lowest BCUT2D eigenvalue weighted by Crippen LogP contribution is -2.22. The number of nitrogens with one attached hydrogen (secondary N) is 1. The van der Waals surface area contributed by atoms with Gasteiger partial charge >= 0.3 is 0 Å². The van der Waals surface area contributed by atoms with Crippen molar-refractivity contribution in [3.63, 3.8) is 0 Å². The van der Waals surface area contributed by atoms with Crippen molar-refractivity contribution in [1.82, 2.24) is 28.5 Å². The molecule has 4 aromatic heterocycles. The van der Waals surface area contributed by atoms with Crippen molar-refractivity contribution in [2.75, 3.05) is 18.2 Å². The number of ether oxygens (including phenoxy) is 1. The first-order chi connectivity index (χ1) is 14.8. The van der Waals surface area contributed by atoms with Crippen molar-refractivity contribution in [3.05, 3.63) is 36.5 Å². The lowest BCUT2D eigenvalue weighted by atomic mass is 10.3. The number of anilines is 2.